The molecule has 0 aliphatic carbocycles. The number of rotatable bonds is 8. The van der Waals surface area contributed by atoms with Gasteiger partial charge >= 0.3 is 0 Å². The summed E-state index contributed by atoms with van der Waals surface area (Å²) in [5, 5.41) is 7.76. The maximum Gasteiger partial charge on any atom is 0.191 e. The second-order valence-corrected chi connectivity index (χ2v) is 6.75. The Kier molecular flexibility index (Phi) is 7.47. The Labute approximate surface area is 160 Å². The van der Waals surface area contributed by atoms with Gasteiger partial charge in [0.2, 0.25) is 0 Å². The number of ether oxygens (including phenoxy) is 1. The molecule has 0 unspecified atom stereocenters. The normalized spacial score (nSPS) is 16.0. The Morgan fingerprint density at radius 3 is 2.96 bits per heavy atom. The van der Waals surface area contributed by atoms with Crippen LogP contribution >= 0.6 is 0 Å². The zero-order valence-electron chi connectivity index (χ0n) is 16.1. The number of fused-ring (bicyclic) bond motifs is 1. The smallest absolute Gasteiger partial charge is 0.191 e. The molecule has 0 atom stereocenters. The van der Waals surface area contributed by atoms with Crippen LogP contribution in [-0.4, -0.2) is 68.3 Å². The molecular formula is C20H30FN5O. The van der Waals surface area contributed by atoms with Crippen molar-refractivity contribution in [2.45, 2.75) is 19.8 Å². The summed E-state index contributed by atoms with van der Waals surface area (Å²) in [6, 6.07) is 4.88. The summed E-state index contributed by atoms with van der Waals surface area (Å²) < 4.78 is 18.7. The molecule has 0 spiro atoms. The monoisotopic (exact) mass is 375 g/mol. The van der Waals surface area contributed by atoms with Crippen LogP contribution in [0.2, 0.25) is 0 Å². The number of H-pyrrole nitrogens is 1. The fourth-order valence-corrected chi connectivity index (χ4v) is 3.33. The molecular weight excluding hydrogens is 345 g/mol. The molecule has 2 aromatic rings. The second-order valence-electron chi connectivity index (χ2n) is 6.75. The highest BCUT2D eigenvalue weighted by molar-refractivity contribution is 5.83. The van der Waals surface area contributed by atoms with Crippen molar-refractivity contribution in [2.24, 2.45) is 4.99 Å². The number of aromatic amines is 1. The minimum atomic E-state index is -0.215. The van der Waals surface area contributed by atoms with Crippen molar-refractivity contribution in [1.29, 1.82) is 0 Å². The average molecular weight is 375 g/mol. The van der Waals surface area contributed by atoms with Gasteiger partial charge in [-0.15, -0.1) is 0 Å². The highest BCUT2D eigenvalue weighted by Gasteiger charge is 2.09. The maximum atomic E-state index is 13.3. The topological polar surface area (TPSA) is 64.7 Å². The fraction of sp³-hybridized carbons (Fsp3) is 0.550. The molecule has 1 saturated heterocycles. The van der Waals surface area contributed by atoms with E-state index >= 15 is 0 Å². The largest absolute Gasteiger partial charge is 0.379 e. The molecule has 1 aliphatic rings. The Morgan fingerprint density at radius 2 is 2.15 bits per heavy atom. The third-order valence-corrected chi connectivity index (χ3v) is 4.77. The van der Waals surface area contributed by atoms with Crippen molar-refractivity contribution >= 4 is 16.9 Å². The van der Waals surface area contributed by atoms with Crippen LogP contribution in [0.25, 0.3) is 10.9 Å². The van der Waals surface area contributed by atoms with Gasteiger partial charge < -0.3 is 20.4 Å². The lowest BCUT2D eigenvalue weighted by Crippen LogP contribution is -2.39. The van der Waals surface area contributed by atoms with Crippen LogP contribution in [0.1, 0.15) is 18.9 Å². The minimum Gasteiger partial charge on any atom is -0.379 e. The number of nitrogens with zero attached hydrogens (tertiary/aromatic N) is 2. The first kappa shape index (κ1) is 19.6. The molecule has 6 nitrogen and oxygen atoms in total. The molecule has 2 heterocycles. The molecule has 7 heteroatoms. The summed E-state index contributed by atoms with van der Waals surface area (Å²) in [5.74, 6) is 0.637. The van der Waals surface area contributed by atoms with Crippen LogP contribution in [0.3, 0.4) is 0 Å². The number of aromatic nitrogens is 1. The molecule has 1 aromatic carbocycles. The first-order chi connectivity index (χ1) is 13.3. The zero-order valence-corrected chi connectivity index (χ0v) is 16.1. The number of guanidine groups is 1. The lowest BCUT2D eigenvalue weighted by atomic mass is 10.1. The van der Waals surface area contributed by atoms with Gasteiger partial charge in [0.15, 0.2) is 5.96 Å². The Morgan fingerprint density at radius 1 is 1.30 bits per heavy atom. The molecule has 0 saturated carbocycles. The van der Waals surface area contributed by atoms with Gasteiger partial charge in [0.05, 0.1) is 13.2 Å². The molecule has 1 fully saturated rings. The SMILES string of the molecule is CCNC(=NCCCN1CCOCC1)NCCc1c[nH]c2cc(F)ccc12. The maximum absolute atomic E-state index is 13.3. The van der Waals surface area contributed by atoms with Crippen LogP contribution in [-0.2, 0) is 11.2 Å². The zero-order chi connectivity index (χ0) is 18.9. The summed E-state index contributed by atoms with van der Waals surface area (Å²) in [4.78, 5) is 10.2. The third kappa shape index (κ3) is 5.94. The van der Waals surface area contributed by atoms with Crippen LogP contribution < -0.4 is 10.6 Å². The van der Waals surface area contributed by atoms with Gasteiger partial charge in [0.25, 0.3) is 0 Å². The first-order valence-electron chi connectivity index (χ1n) is 9.84. The van der Waals surface area contributed by atoms with E-state index in [-0.39, 0.29) is 5.82 Å². The van der Waals surface area contributed by atoms with Crippen LogP contribution in [0.5, 0.6) is 0 Å². The molecule has 3 rings (SSSR count). The first-order valence-corrected chi connectivity index (χ1v) is 9.84. The highest BCUT2D eigenvalue weighted by Crippen LogP contribution is 2.19. The Balaban J connectivity index is 1.44. The second kappa shape index (κ2) is 10.3. The van der Waals surface area contributed by atoms with E-state index < -0.39 is 0 Å². The van der Waals surface area contributed by atoms with E-state index in [1.165, 1.54) is 17.7 Å². The highest BCUT2D eigenvalue weighted by atomic mass is 19.1. The summed E-state index contributed by atoms with van der Waals surface area (Å²) in [7, 11) is 0. The molecule has 27 heavy (non-hydrogen) atoms. The van der Waals surface area contributed by atoms with Gasteiger partial charge in [-0.05, 0) is 43.5 Å². The number of hydrogen-bond donors (Lipinski definition) is 3. The summed E-state index contributed by atoms with van der Waals surface area (Å²) in [6.07, 6.45) is 3.85. The number of aliphatic imine (C=N–C) groups is 1. The summed E-state index contributed by atoms with van der Waals surface area (Å²) in [6.45, 7) is 9.28. The number of halogens is 1. The molecule has 148 valence electrons. The lowest BCUT2D eigenvalue weighted by molar-refractivity contribution is 0.0377. The van der Waals surface area contributed by atoms with Gasteiger partial charge in [-0.25, -0.2) is 4.39 Å². The van der Waals surface area contributed by atoms with Gasteiger partial charge in [0, 0.05) is 56.4 Å². The molecule has 0 amide bonds. The van der Waals surface area contributed by atoms with E-state index in [9.17, 15) is 4.39 Å². The van der Waals surface area contributed by atoms with Crippen molar-refractivity contribution in [2.75, 3.05) is 52.5 Å². The number of hydrogen-bond acceptors (Lipinski definition) is 3. The van der Waals surface area contributed by atoms with Crippen LogP contribution in [0, 0.1) is 5.82 Å². The van der Waals surface area contributed by atoms with Crippen molar-refractivity contribution in [3.05, 3.63) is 35.8 Å². The molecule has 3 N–H and O–H groups in total. The van der Waals surface area contributed by atoms with E-state index in [0.717, 1.165) is 82.2 Å². The quantitative estimate of drug-likeness (QED) is 0.376. The Hall–Kier alpha value is -2.12. The van der Waals surface area contributed by atoms with E-state index in [1.54, 1.807) is 0 Å². The van der Waals surface area contributed by atoms with E-state index in [1.807, 2.05) is 12.3 Å². The predicted octanol–water partition coefficient (Wildman–Crippen LogP) is 2.13. The van der Waals surface area contributed by atoms with E-state index in [0.29, 0.717) is 0 Å². The molecule has 1 aliphatic heterocycles. The molecule has 0 radical (unpaired) electrons. The fourth-order valence-electron chi connectivity index (χ4n) is 3.33. The van der Waals surface area contributed by atoms with Crippen LogP contribution in [0.4, 0.5) is 4.39 Å². The molecule has 1 aromatic heterocycles. The molecule has 0 bridgehead atoms. The summed E-state index contributed by atoms with van der Waals surface area (Å²) >= 11 is 0. The average Bonchev–Trinajstić information content (AvgIpc) is 3.08. The van der Waals surface area contributed by atoms with Crippen LogP contribution in [0.15, 0.2) is 29.4 Å². The Bertz CT molecular complexity index is 739. The van der Waals surface area contributed by atoms with Gasteiger partial charge in [0.1, 0.15) is 5.82 Å². The predicted molar refractivity (Wildman–Crippen MR) is 108 cm³/mol. The van der Waals surface area contributed by atoms with Crippen molar-refractivity contribution in [1.82, 2.24) is 20.5 Å². The number of nitrogens with one attached hydrogen (secondary N) is 3. The van der Waals surface area contributed by atoms with Crippen molar-refractivity contribution < 1.29 is 9.13 Å². The van der Waals surface area contributed by atoms with E-state index in [4.69, 9.17) is 4.74 Å². The lowest BCUT2D eigenvalue weighted by Gasteiger charge is -2.26. The number of benzene rings is 1. The standard InChI is InChI=1S/C20H30FN5O/c1-2-22-20(23-7-3-9-26-10-12-27-13-11-26)24-8-6-16-15-25-19-14-17(21)4-5-18(16)19/h4-5,14-15,25H,2-3,6-13H2,1H3,(H2,22,23,24). The van der Waals surface area contributed by atoms with Crippen molar-refractivity contribution in [3.63, 3.8) is 0 Å². The van der Waals surface area contributed by atoms with Gasteiger partial charge in [-0.3, -0.25) is 9.89 Å². The summed E-state index contributed by atoms with van der Waals surface area (Å²) in [5.41, 5.74) is 2.02. The van der Waals surface area contributed by atoms with Crippen molar-refractivity contribution in [3.8, 4) is 0 Å². The van der Waals surface area contributed by atoms with Gasteiger partial charge in [-0.2, -0.15) is 0 Å². The third-order valence-electron chi connectivity index (χ3n) is 4.77. The minimum absolute atomic E-state index is 0.215. The number of morpholine rings is 1. The van der Waals surface area contributed by atoms with Gasteiger partial charge in [-0.1, -0.05) is 0 Å². The van der Waals surface area contributed by atoms with E-state index in [2.05, 4.69) is 32.4 Å².